The van der Waals surface area contributed by atoms with Crippen LogP contribution in [0.25, 0.3) is 16.1 Å². The highest BCUT2D eigenvalue weighted by atomic mass is 32.2. The molecule has 0 bridgehead atoms. The first kappa shape index (κ1) is 30.3. The van der Waals surface area contributed by atoms with Gasteiger partial charge in [-0.15, -0.1) is 0 Å². The minimum atomic E-state index is -4.45. The molecule has 1 heterocycles. The van der Waals surface area contributed by atoms with E-state index in [1.54, 1.807) is 49.6 Å². The van der Waals surface area contributed by atoms with Gasteiger partial charge in [0.05, 0.1) is 24.9 Å². The Bertz CT molecular complexity index is 1890. The summed E-state index contributed by atoms with van der Waals surface area (Å²) in [6.07, 6.45) is -4.45. The van der Waals surface area contributed by atoms with Crippen LogP contribution >= 0.6 is 11.8 Å². The molecule has 0 aliphatic rings. The molecule has 1 aromatic heterocycles. The van der Waals surface area contributed by atoms with Crippen LogP contribution in [-0.4, -0.2) is 17.1 Å². The van der Waals surface area contributed by atoms with Crippen LogP contribution in [0.15, 0.2) is 107 Å². The molecule has 2 N–H and O–H groups in total. The number of H-pyrrole nitrogens is 1. The van der Waals surface area contributed by atoms with Gasteiger partial charge < -0.3 is 19.8 Å². The number of nitrogens with one attached hydrogen (secondary N) is 2. The summed E-state index contributed by atoms with van der Waals surface area (Å²) in [5, 5.41) is 3.74. The second-order valence-electron chi connectivity index (χ2n) is 9.53. The zero-order chi connectivity index (χ0) is 31.1. The normalized spacial score (nSPS) is 11.1. The largest absolute Gasteiger partial charge is 0.497 e. The first-order chi connectivity index (χ1) is 21.2. The molecule has 0 unspecified atom stereocenters. The van der Waals surface area contributed by atoms with E-state index in [2.05, 4.69) is 20.1 Å². The van der Waals surface area contributed by atoms with Gasteiger partial charge in [0.15, 0.2) is 5.16 Å². The minimum absolute atomic E-state index is 0.0851. The number of benzene rings is 4. The lowest BCUT2D eigenvalue weighted by atomic mass is 10.1. The molecule has 5 aromatic rings. The van der Waals surface area contributed by atoms with E-state index in [0.29, 0.717) is 40.2 Å². The van der Waals surface area contributed by atoms with Crippen LogP contribution in [0.3, 0.4) is 0 Å². The van der Waals surface area contributed by atoms with E-state index in [9.17, 15) is 18.0 Å². The Hall–Kier alpha value is -5.21. The number of thioether (sulfide) groups is 1. The van der Waals surface area contributed by atoms with Gasteiger partial charge in [0, 0.05) is 18.0 Å². The van der Waals surface area contributed by atoms with Gasteiger partial charge in [0.2, 0.25) is 0 Å². The summed E-state index contributed by atoms with van der Waals surface area (Å²) >= 11 is 1.34. The highest BCUT2D eigenvalue weighted by Crippen LogP contribution is 2.33. The Morgan fingerprint density at radius 2 is 1.61 bits per heavy atom. The highest BCUT2D eigenvalue weighted by molar-refractivity contribution is 7.98. The monoisotopic (exact) mass is 614 g/mol. The SMILES string of the molecule is [C-]#[N+]c1c(-c2cccc(OC)c2)nc(SCc2cccc(NCc3cccc(Oc4cccc(C(F)(F)F)c4)c3)c2)[nH]c1=O. The lowest BCUT2D eigenvalue weighted by Crippen LogP contribution is -2.09. The van der Waals surface area contributed by atoms with Crippen molar-refractivity contribution >= 4 is 23.1 Å². The van der Waals surface area contributed by atoms with Gasteiger partial charge in [-0.2, -0.15) is 13.2 Å². The average molecular weight is 615 g/mol. The molecule has 0 saturated carbocycles. The molecular weight excluding hydrogens is 589 g/mol. The summed E-state index contributed by atoms with van der Waals surface area (Å²) in [4.78, 5) is 23.3. The molecule has 0 aliphatic heterocycles. The van der Waals surface area contributed by atoms with Crippen molar-refractivity contribution in [3.8, 4) is 28.5 Å². The number of nitrogens with zero attached hydrogens (tertiary/aromatic N) is 2. The second-order valence-corrected chi connectivity index (χ2v) is 10.5. The van der Waals surface area contributed by atoms with Gasteiger partial charge in [-0.05, 0) is 71.3 Å². The van der Waals surface area contributed by atoms with Gasteiger partial charge in [-0.3, -0.25) is 4.79 Å². The summed E-state index contributed by atoms with van der Waals surface area (Å²) in [6.45, 7) is 7.92. The molecular formula is C33H25F3N4O3S. The van der Waals surface area contributed by atoms with E-state index in [1.807, 2.05) is 30.3 Å². The number of ether oxygens (including phenoxy) is 2. The maximum atomic E-state index is 13.0. The number of hydrogen-bond donors (Lipinski definition) is 2. The van der Waals surface area contributed by atoms with Crippen LogP contribution in [0.4, 0.5) is 24.5 Å². The molecule has 0 atom stereocenters. The Morgan fingerprint density at radius 1 is 0.909 bits per heavy atom. The molecule has 7 nitrogen and oxygen atoms in total. The van der Waals surface area contributed by atoms with Crippen LogP contribution in [0.5, 0.6) is 17.2 Å². The number of methoxy groups -OCH3 is 1. The van der Waals surface area contributed by atoms with Gasteiger partial charge >= 0.3 is 6.18 Å². The van der Waals surface area contributed by atoms with E-state index in [-0.39, 0.29) is 11.4 Å². The number of anilines is 1. The standard InChI is InChI=1S/C33H25F3N4O3S/c1-37-30-29(23-9-5-12-26(17-23)42-2)39-32(40-31(30)41)44-20-22-8-3-11-25(15-22)38-19-21-7-4-13-27(16-21)43-28-14-6-10-24(18-28)33(34,35)36/h3-18,38H,19-20H2,2H3,(H,39,40,41). The first-order valence-corrected chi connectivity index (χ1v) is 14.3. The number of rotatable bonds is 10. The Balaban J connectivity index is 1.24. The van der Waals surface area contributed by atoms with Gasteiger partial charge in [0.1, 0.15) is 17.2 Å². The van der Waals surface area contributed by atoms with Crippen molar-refractivity contribution in [2.45, 2.75) is 23.6 Å². The molecule has 11 heteroatoms. The lowest BCUT2D eigenvalue weighted by Gasteiger charge is -2.12. The van der Waals surface area contributed by atoms with Crippen LogP contribution < -0.4 is 20.3 Å². The van der Waals surface area contributed by atoms with Gasteiger partial charge in [-0.25, -0.2) is 9.83 Å². The third-order valence-electron chi connectivity index (χ3n) is 6.42. The quantitative estimate of drug-likeness (QED) is 0.0931. The van der Waals surface area contributed by atoms with Crippen molar-refractivity contribution in [1.29, 1.82) is 0 Å². The molecule has 4 aromatic carbocycles. The predicted octanol–water partition coefficient (Wildman–Crippen LogP) is 8.71. The molecule has 44 heavy (non-hydrogen) atoms. The summed E-state index contributed by atoms with van der Waals surface area (Å²) in [5.41, 5.74) is 2.24. The van der Waals surface area contributed by atoms with Crippen molar-refractivity contribution in [3.63, 3.8) is 0 Å². The Kier molecular flexibility index (Phi) is 9.21. The average Bonchev–Trinajstić information content (AvgIpc) is 3.02. The van der Waals surface area contributed by atoms with Crippen LogP contribution in [0.1, 0.15) is 16.7 Å². The Labute approximate surface area is 255 Å². The fourth-order valence-electron chi connectivity index (χ4n) is 4.31. The summed E-state index contributed by atoms with van der Waals surface area (Å²) in [6, 6.07) is 26.7. The molecule has 0 amide bonds. The molecule has 222 valence electrons. The second kappa shape index (κ2) is 13.4. The fraction of sp³-hybridized carbons (Fsp3) is 0.121. The van der Waals surface area contributed by atoms with E-state index in [1.165, 1.54) is 23.9 Å². The van der Waals surface area contributed by atoms with Crippen molar-refractivity contribution in [1.82, 2.24) is 9.97 Å². The van der Waals surface area contributed by atoms with Gasteiger partial charge in [-0.1, -0.05) is 54.2 Å². The molecule has 0 saturated heterocycles. The zero-order valence-electron chi connectivity index (χ0n) is 23.3. The maximum absolute atomic E-state index is 13.0. The summed E-state index contributed by atoms with van der Waals surface area (Å²) < 4.78 is 50.1. The Morgan fingerprint density at radius 3 is 2.39 bits per heavy atom. The lowest BCUT2D eigenvalue weighted by molar-refractivity contribution is -0.137. The van der Waals surface area contributed by atoms with Crippen molar-refractivity contribution in [2.75, 3.05) is 12.4 Å². The molecule has 0 fully saturated rings. The van der Waals surface area contributed by atoms with E-state index < -0.39 is 17.3 Å². The van der Waals surface area contributed by atoms with Crippen LogP contribution in [0, 0.1) is 6.57 Å². The smallest absolute Gasteiger partial charge is 0.416 e. The number of hydrogen-bond acceptors (Lipinski definition) is 6. The molecule has 0 aliphatic carbocycles. The number of halogens is 3. The molecule has 5 rings (SSSR count). The highest BCUT2D eigenvalue weighted by Gasteiger charge is 2.30. The summed E-state index contributed by atoms with van der Waals surface area (Å²) in [5.74, 6) is 1.63. The number of alkyl halides is 3. The first-order valence-electron chi connectivity index (χ1n) is 13.3. The van der Waals surface area contributed by atoms with E-state index in [4.69, 9.17) is 16.0 Å². The van der Waals surface area contributed by atoms with E-state index >= 15 is 0 Å². The van der Waals surface area contributed by atoms with Crippen LogP contribution in [0.2, 0.25) is 0 Å². The van der Waals surface area contributed by atoms with Crippen molar-refractivity contribution in [2.24, 2.45) is 0 Å². The fourth-order valence-corrected chi connectivity index (χ4v) is 5.11. The third-order valence-corrected chi connectivity index (χ3v) is 7.37. The van der Waals surface area contributed by atoms with Crippen molar-refractivity contribution in [3.05, 3.63) is 136 Å². The van der Waals surface area contributed by atoms with E-state index in [0.717, 1.165) is 28.9 Å². The molecule has 0 radical (unpaired) electrons. The third kappa shape index (κ3) is 7.59. The molecule has 0 spiro atoms. The predicted molar refractivity (Wildman–Crippen MR) is 164 cm³/mol. The van der Waals surface area contributed by atoms with Gasteiger partial charge in [0.25, 0.3) is 11.2 Å². The maximum Gasteiger partial charge on any atom is 0.416 e. The summed E-state index contributed by atoms with van der Waals surface area (Å²) in [7, 11) is 1.54. The number of aromatic amines is 1. The topological polar surface area (TPSA) is 80.6 Å². The minimum Gasteiger partial charge on any atom is -0.497 e. The van der Waals surface area contributed by atoms with Crippen molar-refractivity contribution < 1.29 is 22.6 Å². The number of aromatic nitrogens is 2. The van der Waals surface area contributed by atoms with Crippen LogP contribution in [-0.2, 0) is 18.5 Å². The zero-order valence-corrected chi connectivity index (χ0v) is 24.1.